The number of aromatic nitrogens is 8. The Morgan fingerprint density at radius 3 is 2.69 bits per heavy atom. The van der Waals surface area contributed by atoms with Gasteiger partial charge in [-0.05, 0) is 59.0 Å². The largest absolute Gasteiger partial charge is 0.458 e. The second-order valence-corrected chi connectivity index (χ2v) is 5.40. The highest BCUT2D eigenvalue weighted by atomic mass is 16.3. The Morgan fingerprint density at radius 1 is 1.15 bits per heavy atom. The Morgan fingerprint density at radius 2 is 2.00 bits per heavy atom. The van der Waals surface area contributed by atoms with E-state index in [4.69, 9.17) is 4.42 Å². The van der Waals surface area contributed by atoms with Gasteiger partial charge in [-0.1, -0.05) is 0 Å². The molecule has 11 nitrogen and oxygen atoms in total. The van der Waals surface area contributed by atoms with Gasteiger partial charge in [-0.3, -0.25) is 4.79 Å². The predicted octanol–water partition coefficient (Wildman–Crippen LogP) is 0.856. The third-order valence-corrected chi connectivity index (χ3v) is 3.46. The summed E-state index contributed by atoms with van der Waals surface area (Å²) in [6, 6.07) is 10.6. The van der Waals surface area contributed by atoms with Crippen molar-refractivity contribution in [3.05, 3.63) is 48.5 Å². The molecule has 0 aliphatic carbocycles. The molecule has 0 unspecified atom stereocenters. The van der Waals surface area contributed by atoms with Gasteiger partial charge in [0.1, 0.15) is 18.6 Å². The first-order chi connectivity index (χ1) is 12.7. The van der Waals surface area contributed by atoms with E-state index < -0.39 is 0 Å². The highest BCUT2D eigenvalue weighted by molar-refractivity contribution is 5.90. The molecule has 4 rings (SSSR count). The minimum absolute atomic E-state index is 0.0680. The SMILES string of the molecule is Cc1ccc(-c2nnn(CC(=O)Nc3ccc(-n4cnnn4)cc3)n2)o1. The molecule has 0 saturated heterocycles. The summed E-state index contributed by atoms with van der Waals surface area (Å²) in [5, 5.41) is 25.6. The molecule has 0 aliphatic heterocycles. The van der Waals surface area contributed by atoms with Gasteiger partial charge in [0.05, 0.1) is 5.69 Å². The molecule has 130 valence electrons. The molecule has 3 heterocycles. The fraction of sp³-hybridized carbons (Fsp3) is 0.133. The van der Waals surface area contributed by atoms with Crippen LogP contribution in [0.5, 0.6) is 0 Å². The van der Waals surface area contributed by atoms with Crippen molar-refractivity contribution in [3.63, 3.8) is 0 Å². The highest BCUT2D eigenvalue weighted by Crippen LogP contribution is 2.16. The summed E-state index contributed by atoms with van der Waals surface area (Å²) in [5.41, 5.74) is 1.41. The summed E-state index contributed by atoms with van der Waals surface area (Å²) in [6.45, 7) is 1.76. The van der Waals surface area contributed by atoms with Crippen LogP contribution in [0.4, 0.5) is 5.69 Å². The van der Waals surface area contributed by atoms with Gasteiger partial charge in [-0.25, -0.2) is 4.68 Å². The van der Waals surface area contributed by atoms with Gasteiger partial charge < -0.3 is 9.73 Å². The summed E-state index contributed by atoms with van der Waals surface area (Å²) >= 11 is 0. The van der Waals surface area contributed by atoms with Gasteiger partial charge in [-0.15, -0.1) is 15.3 Å². The molecule has 0 atom stereocenters. The summed E-state index contributed by atoms with van der Waals surface area (Å²) in [5.74, 6) is 1.31. The van der Waals surface area contributed by atoms with Gasteiger partial charge in [0.25, 0.3) is 0 Å². The average molecular weight is 351 g/mol. The molecule has 1 aromatic carbocycles. The van der Waals surface area contributed by atoms with Crippen LogP contribution in [0.1, 0.15) is 5.76 Å². The van der Waals surface area contributed by atoms with Gasteiger partial charge in [-0.2, -0.15) is 4.80 Å². The Bertz CT molecular complexity index is 1020. The number of tetrazole rings is 2. The molecule has 0 aliphatic rings. The van der Waals surface area contributed by atoms with Crippen LogP contribution in [0.25, 0.3) is 17.3 Å². The molecule has 0 spiro atoms. The lowest BCUT2D eigenvalue weighted by molar-refractivity contribution is -0.117. The number of amides is 1. The lowest BCUT2D eigenvalue weighted by Gasteiger charge is -2.05. The zero-order valence-corrected chi connectivity index (χ0v) is 13.6. The Labute approximate surface area is 146 Å². The van der Waals surface area contributed by atoms with E-state index in [1.54, 1.807) is 30.3 Å². The standard InChI is InChI=1S/C15H13N9O2/c1-10-2-7-13(26-10)15-18-21-24(19-15)8-14(25)17-11-3-5-12(6-4-11)23-9-16-20-22-23/h2-7,9H,8H2,1H3,(H,17,25). The normalized spacial score (nSPS) is 10.8. The third kappa shape index (κ3) is 3.31. The zero-order valence-electron chi connectivity index (χ0n) is 13.6. The molecule has 4 aromatic rings. The number of benzene rings is 1. The minimum Gasteiger partial charge on any atom is -0.458 e. The lowest BCUT2D eigenvalue weighted by atomic mass is 10.3. The summed E-state index contributed by atoms with van der Waals surface area (Å²) in [6.07, 6.45) is 1.49. The van der Waals surface area contributed by atoms with E-state index in [9.17, 15) is 4.79 Å². The lowest BCUT2D eigenvalue weighted by Crippen LogP contribution is -2.20. The second-order valence-electron chi connectivity index (χ2n) is 5.40. The smallest absolute Gasteiger partial charge is 0.248 e. The van der Waals surface area contributed by atoms with Crippen LogP contribution in [0.3, 0.4) is 0 Å². The number of aryl methyl sites for hydroxylation is 1. The van der Waals surface area contributed by atoms with Crippen LogP contribution < -0.4 is 5.32 Å². The van der Waals surface area contributed by atoms with E-state index in [0.29, 0.717) is 17.3 Å². The van der Waals surface area contributed by atoms with E-state index in [-0.39, 0.29) is 12.5 Å². The van der Waals surface area contributed by atoms with Gasteiger partial charge in [0.2, 0.25) is 11.7 Å². The van der Waals surface area contributed by atoms with Gasteiger partial charge >= 0.3 is 0 Å². The van der Waals surface area contributed by atoms with Crippen molar-refractivity contribution in [2.24, 2.45) is 0 Å². The van der Waals surface area contributed by atoms with Crippen LogP contribution >= 0.6 is 0 Å². The maximum Gasteiger partial charge on any atom is 0.248 e. The molecule has 1 amide bonds. The number of anilines is 1. The molecular weight excluding hydrogens is 338 g/mol. The Balaban J connectivity index is 1.39. The fourth-order valence-corrected chi connectivity index (χ4v) is 2.27. The second kappa shape index (κ2) is 6.55. The first-order valence-corrected chi connectivity index (χ1v) is 7.65. The Hall–Kier alpha value is -3.89. The van der Waals surface area contributed by atoms with Crippen LogP contribution in [-0.4, -0.2) is 46.3 Å². The van der Waals surface area contributed by atoms with Crippen molar-refractivity contribution in [2.75, 3.05) is 5.32 Å². The number of rotatable bonds is 5. The zero-order chi connectivity index (χ0) is 17.9. The molecule has 26 heavy (non-hydrogen) atoms. The van der Waals surface area contributed by atoms with Crippen molar-refractivity contribution < 1.29 is 9.21 Å². The van der Waals surface area contributed by atoms with Crippen molar-refractivity contribution in [3.8, 4) is 17.3 Å². The maximum atomic E-state index is 12.1. The first-order valence-electron chi connectivity index (χ1n) is 7.65. The molecule has 0 bridgehead atoms. The number of nitrogens with one attached hydrogen (secondary N) is 1. The van der Waals surface area contributed by atoms with Crippen molar-refractivity contribution in [1.82, 2.24) is 40.4 Å². The van der Waals surface area contributed by atoms with Crippen molar-refractivity contribution in [1.29, 1.82) is 0 Å². The van der Waals surface area contributed by atoms with E-state index in [1.165, 1.54) is 15.8 Å². The van der Waals surface area contributed by atoms with Crippen LogP contribution in [0.15, 0.2) is 47.1 Å². The van der Waals surface area contributed by atoms with Crippen molar-refractivity contribution in [2.45, 2.75) is 13.5 Å². The maximum absolute atomic E-state index is 12.1. The average Bonchev–Trinajstić information content (AvgIpc) is 3.37. The third-order valence-electron chi connectivity index (χ3n) is 3.46. The monoisotopic (exact) mass is 351 g/mol. The topological polar surface area (TPSA) is 129 Å². The number of hydrogen-bond donors (Lipinski definition) is 1. The molecule has 0 saturated carbocycles. The predicted molar refractivity (Wildman–Crippen MR) is 88.0 cm³/mol. The van der Waals surface area contributed by atoms with E-state index in [2.05, 4.69) is 36.3 Å². The molecule has 0 radical (unpaired) electrons. The van der Waals surface area contributed by atoms with E-state index in [0.717, 1.165) is 11.4 Å². The molecule has 1 N–H and O–H groups in total. The molecule has 3 aromatic heterocycles. The summed E-state index contributed by atoms with van der Waals surface area (Å²) in [4.78, 5) is 13.4. The highest BCUT2D eigenvalue weighted by Gasteiger charge is 2.12. The number of furan rings is 1. The molecular formula is C15H13N9O2. The molecule has 11 heteroatoms. The van der Waals surface area contributed by atoms with Crippen LogP contribution in [0, 0.1) is 6.92 Å². The number of carbonyl (C=O) groups is 1. The number of hydrogen-bond acceptors (Lipinski definition) is 8. The van der Waals surface area contributed by atoms with E-state index in [1.807, 2.05) is 13.0 Å². The quantitative estimate of drug-likeness (QED) is 0.560. The number of nitrogens with zero attached hydrogens (tertiary/aromatic N) is 8. The van der Waals surface area contributed by atoms with Crippen molar-refractivity contribution >= 4 is 11.6 Å². The van der Waals surface area contributed by atoms with Crippen LogP contribution in [-0.2, 0) is 11.3 Å². The Kier molecular flexibility index (Phi) is 3.94. The fourth-order valence-electron chi connectivity index (χ4n) is 2.27. The van der Waals surface area contributed by atoms with E-state index >= 15 is 0 Å². The van der Waals surface area contributed by atoms with Gasteiger partial charge in [0, 0.05) is 5.69 Å². The van der Waals surface area contributed by atoms with Gasteiger partial charge in [0.15, 0.2) is 5.76 Å². The van der Waals surface area contributed by atoms with Crippen LogP contribution in [0.2, 0.25) is 0 Å². The first kappa shape index (κ1) is 15.6. The summed E-state index contributed by atoms with van der Waals surface area (Å²) in [7, 11) is 0. The number of carbonyl (C=O) groups excluding carboxylic acids is 1. The minimum atomic E-state index is -0.278. The molecule has 0 fully saturated rings. The summed E-state index contributed by atoms with van der Waals surface area (Å²) < 4.78 is 6.95.